The zero-order valence-corrected chi connectivity index (χ0v) is 36.0. The maximum Gasteiger partial charge on any atom is 0.342 e. The van der Waals surface area contributed by atoms with Gasteiger partial charge in [0.15, 0.2) is 5.82 Å². The molecule has 1 spiro atoms. The molecule has 1 aliphatic carbocycles. The molecule has 2 aromatic carbocycles. The van der Waals surface area contributed by atoms with Crippen molar-refractivity contribution < 1.29 is 37.1 Å². The topological polar surface area (TPSA) is 152 Å². The van der Waals surface area contributed by atoms with Gasteiger partial charge in [-0.1, -0.05) is 6.07 Å². The van der Waals surface area contributed by atoms with E-state index >= 15 is 4.39 Å². The minimum absolute atomic E-state index is 0.0794. The number of hydrogen-bond donors (Lipinski definition) is 3. The molecular weight excluding hydrogens is 804 g/mol. The number of likely N-dealkylation sites (tertiary alicyclic amines) is 1. The molecule has 3 saturated heterocycles. The van der Waals surface area contributed by atoms with Gasteiger partial charge in [0.05, 0.1) is 37.1 Å². The maximum absolute atomic E-state index is 15.4. The van der Waals surface area contributed by atoms with Gasteiger partial charge in [0.1, 0.15) is 17.3 Å². The van der Waals surface area contributed by atoms with Crippen LogP contribution in [-0.4, -0.2) is 109 Å². The number of fused-ring (bicyclic) bond motifs is 1. The first-order chi connectivity index (χ1) is 29.5. The fourth-order valence-corrected chi connectivity index (χ4v) is 10.2. The molecular formula is C45H56F3N9O5. The monoisotopic (exact) mass is 859 g/mol. The number of rotatable bonds is 10. The molecule has 0 radical (unpaired) electrons. The van der Waals surface area contributed by atoms with Gasteiger partial charge in [0.25, 0.3) is 11.8 Å². The van der Waals surface area contributed by atoms with Crippen molar-refractivity contribution in [2.75, 3.05) is 66.9 Å². The quantitative estimate of drug-likeness (QED) is 0.206. The highest BCUT2D eigenvalue weighted by Gasteiger charge is 2.48. The average Bonchev–Trinajstić information content (AvgIpc) is 3.29. The van der Waals surface area contributed by atoms with Gasteiger partial charge in [-0.25, -0.2) is 9.37 Å². The molecule has 332 valence electrons. The van der Waals surface area contributed by atoms with E-state index in [0.29, 0.717) is 40.6 Å². The number of ether oxygens (including phenoxy) is 1. The summed E-state index contributed by atoms with van der Waals surface area (Å²) < 4.78 is 50.6. The van der Waals surface area contributed by atoms with Gasteiger partial charge in [-0.3, -0.25) is 24.5 Å². The van der Waals surface area contributed by atoms with Crippen molar-refractivity contribution in [2.24, 2.45) is 11.3 Å². The molecule has 3 N–H and O–H groups in total. The lowest BCUT2D eigenvalue weighted by molar-refractivity contribution is -0.140. The molecule has 4 fully saturated rings. The van der Waals surface area contributed by atoms with Crippen LogP contribution in [0.2, 0.25) is 0 Å². The van der Waals surface area contributed by atoms with E-state index in [2.05, 4.69) is 42.6 Å². The van der Waals surface area contributed by atoms with E-state index < -0.39 is 24.3 Å². The summed E-state index contributed by atoms with van der Waals surface area (Å²) in [5.41, 5.74) is 2.48. The van der Waals surface area contributed by atoms with Crippen molar-refractivity contribution in [3.8, 4) is 5.75 Å². The van der Waals surface area contributed by atoms with Gasteiger partial charge in [0.2, 0.25) is 17.8 Å². The van der Waals surface area contributed by atoms with Crippen LogP contribution in [0.3, 0.4) is 0 Å². The van der Waals surface area contributed by atoms with E-state index in [0.717, 1.165) is 69.6 Å². The molecule has 8 rings (SSSR count). The first-order valence-electron chi connectivity index (χ1n) is 21.7. The van der Waals surface area contributed by atoms with E-state index in [9.17, 15) is 28.0 Å². The van der Waals surface area contributed by atoms with Crippen molar-refractivity contribution >= 4 is 52.5 Å². The third-order valence-electron chi connectivity index (χ3n) is 13.7. The number of nitrogens with zero attached hydrogens (tertiary/aromatic N) is 6. The molecule has 1 saturated carbocycles. The molecule has 17 heteroatoms. The predicted molar refractivity (Wildman–Crippen MR) is 229 cm³/mol. The first-order valence-corrected chi connectivity index (χ1v) is 21.7. The summed E-state index contributed by atoms with van der Waals surface area (Å²) in [6.07, 6.45) is 7.97. The lowest BCUT2D eigenvalue weighted by atomic mass is 9.60. The van der Waals surface area contributed by atoms with Crippen LogP contribution in [0.15, 0.2) is 42.6 Å². The minimum atomic E-state index is -3.60. The van der Waals surface area contributed by atoms with Crippen molar-refractivity contribution in [3.05, 3.63) is 59.5 Å². The van der Waals surface area contributed by atoms with Crippen LogP contribution < -0.4 is 35.4 Å². The molecule has 1 aromatic heterocycles. The Bertz CT molecular complexity index is 2230. The number of anilines is 5. The van der Waals surface area contributed by atoms with Gasteiger partial charge in [0, 0.05) is 50.2 Å². The Balaban J connectivity index is 0.802. The van der Waals surface area contributed by atoms with E-state index in [1.165, 1.54) is 31.3 Å². The summed E-state index contributed by atoms with van der Waals surface area (Å²) in [6.45, 7) is 8.66. The number of hydrogen-bond acceptors (Lipinski definition) is 11. The number of carbonyl (C=O) groups is 4. The summed E-state index contributed by atoms with van der Waals surface area (Å²) in [5, 5.41) is 8.66. The largest absolute Gasteiger partial charge is 0.495 e. The van der Waals surface area contributed by atoms with Gasteiger partial charge < -0.3 is 35.0 Å². The Kier molecular flexibility index (Phi) is 11.9. The van der Waals surface area contributed by atoms with Crippen LogP contribution in [-0.2, 0) is 14.4 Å². The van der Waals surface area contributed by atoms with Crippen LogP contribution in [0.1, 0.15) is 94.0 Å². The SMILES string of the molecule is COc1cc(C(=O)NC2CC3(CCN(CC4CCN(c5ccc(C6CCC(=O)NC6=O)cc5F)C(C)C4)CC3)C2)ccc1Nc1ncc2c(n1)N(C(C)C)CC(F)(F)C(=O)N2C. The third kappa shape index (κ3) is 8.64. The standard InChI is InChI=1S/C45H56F3N9O5/c1-26(2)57-25-45(47,48)42(61)54(4)36-23-49-43(53-39(36)57)51-34-9-6-30(20-37(34)62-5)40(59)50-31-21-44(22-31)13-16-55(17-14-44)24-28-12-15-56(27(3)18-28)35-10-7-29(19-33(35)46)32-8-11-38(58)52-41(32)60/h6-7,9-10,19-20,23,26-28,31-32H,8,11-18,21-22,24-25H2,1-5H3,(H,50,59)(H,49,51,53)(H,52,58,60). The van der Waals surface area contributed by atoms with Gasteiger partial charge in [-0.05, 0) is 126 Å². The van der Waals surface area contributed by atoms with Crippen LogP contribution >= 0.6 is 0 Å². The van der Waals surface area contributed by atoms with Crippen LogP contribution in [0.4, 0.5) is 42.0 Å². The van der Waals surface area contributed by atoms with Crippen molar-refractivity contribution in [3.63, 3.8) is 0 Å². The lowest BCUT2D eigenvalue weighted by Gasteiger charge is -2.53. The number of piperidine rings is 3. The number of alkyl halides is 2. The van der Waals surface area contributed by atoms with E-state index in [1.54, 1.807) is 38.1 Å². The summed E-state index contributed by atoms with van der Waals surface area (Å²) in [7, 11) is 2.77. The smallest absolute Gasteiger partial charge is 0.342 e. The summed E-state index contributed by atoms with van der Waals surface area (Å²) in [6, 6.07) is 9.96. The summed E-state index contributed by atoms with van der Waals surface area (Å²) in [5.74, 6) is -5.40. The Hall–Kier alpha value is -5.45. The van der Waals surface area contributed by atoms with Crippen molar-refractivity contribution in [1.29, 1.82) is 0 Å². The number of aromatic nitrogens is 2. The van der Waals surface area contributed by atoms with Crippen molar-refractivity contribution in [2.45, 2.75) is 102 Å². The molecule has 3 aromatic rings. The molecule has 14 nitrogen and oxygen atoms in total. The lowest BCUT2D eigenvalue weighted by Crippen LogP contribution is -2.55. The number of benzene rings is 2. The Morgan fingerprint density at radius 1 is 1.03 bits per heavy atom. The normalized spacial score (nSPS) is 24.0. The highest BCUT2D eigenvalue weighted by atomic mass is 19.3. The molecule has 0 bridgehead atoms. The summed E-state index contributed by atoms with van der Waals surface area (Å²) >= 11 is 0. The number of carbonyl (C=O) groups excluding carboxylic acids is 4. The van der Waals surface area contributed by atoms with E-state index in [1.807, 2.05) is 6.07 Å². The van der Waals surface area contributed by atoms with E-state index in [4.69, 9.17) is 4.74 Å². The second-order valence-corrected chi connectivity index (χ2v) is 18.3. The Labute approximate surface area is 359 Å². The minimum Gasteiger partial charge on any atom is -0.495 e. The predicted octanol–water partition coefficient (Wildman–Crippen LogP) is 5.99. The molecule has 5 heterocycles. The molecule has 3 atom stereocenters. The Morgan fingerprint density at radius 2 is 1.79 bits per heavy atom. The number of amides is 4. The fourth-order valence-electron chi connectivity index (χ4n) is 10.2. The second-order valence-electron chi connectivity index (χ2n) is 18.3. The molecule has 3 unspecified atom stereocenters. The first kappa shape index (κ1) is 43.2. The fraction of sp³-hybridized carbons (Fsp3) is 0.556. The number of nitrogens with one attached hydrogen (secondary N) is 3. The molecule has 62 heavy (non-hydrogen) atoms. The number of methoxy groups -OCH3 is 1. The average molecular weight is 860 g/mol. The third-order valence-corrected chi connectivity index (χ3v) is 13.7. The van der Waals surface area contributed by atoms with Crippen LogP contribution in [0.25, 0.3) is 0 Å². The van der Waals surface area contributed by atoms with E-state index in [-0.39, 0.29) is 71.0 Å². The maximum atomic E-state index is 15.4. The number of halogens is 3. The Morgan fingerprint density at radius 3 is 2.47 bits per heavy atom. The van der Waals surface area contributed by atoms with Crippen molar-refractivity contribution in [1.82, 2.24) is 25.5 Å². The molecule has 5 aliphatic rings. The zero-order valence-electron chi connectivity index (χ0n) is 36.0. The number of imide groups is 1. The second kappa shape index (κ2) is 17.0. The molecule has 4 amide bonds. The van der Waals surface area contributed by atoms with Gasteiger partial charge in [-0.2, -0.15) is 13.8 Å². The van der Waals surface area contributed by atoms with Gasteiger partial charge >= 0.3 is 5.92 Å². The van der Waals surface area contributed by atoms with Gasteiger partial charge in [-0.15, -0.1) is 0 Å². The molecule has 4 aliphatic heterocycles. The summed E-state index contributed by atoms with van der Waals surface area (Å²) in [4.78, 5) is 65.6. The van der Waals surface area contributed by atoms with Crippen LogP contribution in [0.5, 0.6) is 5.75 Å². The highest BCUT2D eigenvalue weighted by Crippen LogP contribution is 2.49. The zero-order chi connectivity index (χ0) is 44.1. The van der Waals surface area contributed by atoms with Crippen LogP contribution in [0, 0.1) is 17.2 Å². The highest BCUT2D eigenvalue weighted by molar-refractivity contribution is 6.02.